The van der Waals surface area contributed by atoms with Crippen LogP contribution in [0.25, 0.3) is 0 Å². The Balaban J connectivity index is 4.99. The Bertz CT molecular complexity index is 290. The molecule has 0 aromatic carbocycles. The molecule has 0 unspecified atom stereocenters. The Morgan fingerprint density at radius 1 is 1.21 bits per heavy atom. The fourth-order valence-electron chi connectivity index (χ4n) is 2.07. The first-order valence-electron chi connectivity index (χ1n) is 6.14. The zero-order valence-electron chi connectivity index (χ0n) is 12.1. The van der Waals surface area contributed by atoms with Crippen molar-refractivity contribution in [2.45, 2.75) is 27.1 Å². The van der Waals surface area contributed by atoms with E-state index in [2.05, 4.69) is 0 Å². The maximum Gasteiger partial charge on any atom is 0.302 e. The van der Waals surface area contributed by atoms with E-state index in [4.69, 9.17) is 14.2 Å². The fraction of sp³-hybridized carbons (Fsp3) is 0.917. The van der Waals surface area contributed by atoms with Crippen LogP contribution in [0.1, 0.15) is 20.8 Å². The molecule has 0 amide bonds. The summed E-state index contributed by atoms with van der Waals surface area (Å²) in [6.45, 7) is 4.97. The molecule has 0 rings (SSSR count). The molecule has 0 radical (unpaired) electrons. The highest BCUT2D eigenvalue weighted by molar-refractivity contribution is 5.65. The number of ether oxygens (including phenoxy) is 3. The number of nitro groups is 1. The number of esters is 1. The van der Waals surface area contributed by atoms with E-state index in [9.17, 15) is 14.9 Å². The van der Waals surface area contributed by atoms with Gasteiger partial charge in [0.1, 0.15) is 0 Å². The van der Waals surface area contributed by atoms with Crippen molar-refractivity contribution in [1.82, 2.24) is 0 Å². The molecule has 0 aliphatic rings. The highest BCUT2D eigenvalue weighted by atomic mass is 16.7. The van der Waals surface area contributed by atoms with Gasteiger partial charge in [0.2, 0.25) is 6.54 Å². The Labute approximate surface area is 113 Å². The van der Waals surface area contributed by atoms with Gasteiger partial charge in [-0.15, -0.1) is 0 Å². The molecule has 0 aliphatic carbocycles. The van der Waals surface area contributed by atoms with Crippen LogP contribution in [0.4, 0.5) is 0 Å². The molecule has 0 saturated heterocycles. The van der Waals surface area contributed by atoms with Gasteiger partial charge < -0.3 is 14.2 Å². The Kier molecular flexibility index (Phi) is 8.26. The van der Waals surface area contributed by atoms with Gasteiger partial charge in [-0.25, -0.2) is 0 Å². The van der Waals surface area contributed by atoms with Gasteiger partial charge >= 0.3 is 5.97 Å². The second kappa shape index (κ2) is 8.82. The second-order valence-electron chi connectivity index (χ2n) is 4.73. The van der Waals surface area contributed by atoms with E-state index >= 15 is 0 Å². The van der Waals surface area contributed by atoms with Gasteiger partial charge in [-0.2, -0.15) is 0 Å². The molecule has 0 aliphatic heterocycles. The standard InChI is InChI=1S/C12H23NO6/c1-8(2)11(7-19-9(3)14)10(6-13(15)16)12(17-4)18-5/h8,10-12H,6-7H2,1-5H3/t10-,11+/m0/s1. The average Bonchev–Trinajstić information content (AvgIpc) is 2.28. The summed E-state index contributed by atoms with van der Waals surface area (Å²) in [5, 5.41) is 10.8. The van der Waals surface area contributed by atoms with E-state index in [1.54, 1.807) is 0 Å². The summed E-state index contributed by atoms with van der Waals surface area (Å²) in [5.41, 5.74) is 0. The van der Waals surface area contributed by atoms with Crippen molar-refractivity contribution in [1.29, 1.82) is 0 Å². The van der Waals surface area contributed by atoms with Crippen molar-refractivity contribution in [2.24, 2.45) is 17.8 Å². The summed E-state index contributed by atoms with van der Waals surface area (Å²) in [6, 6.07) is 0. The summed E-state index contributed by atoms with van der Waals surface area (Å²) in [7, 11) is 2.87. The lowest BCUT2D eigenvalue weighted by molar-refractivity contribution is -0.496. The molecule has 7 nitrogen and oxygen atoms in total. The topological polar surface area (TPSA) is 87.9 Å². The molecule has 0 saturated carbocycles. The number of nitrogens with zero attached hydrogens (tertiary/aromatic N) is 1. The van der Waals surface area contributed by atoms with Crippen LogP contribution in [0.15, 0.2) is 0 Å². The molecule has 0 N–H and O–H groups in total. The Morgan fingerprint density at radius 2 is 1.74 bits per heavy atom. The summed E-state index contributed by atoms with van der Waals surface area (Å²) in [4.78, 5) is 21.3. The maximum atomic E-state index is 10.9. The van der Waals surface area contributed by atoms with Crippen LogP contribution in [-0.4, -0.2) is 44.6 Å². The molecular formula is C12H23NO6. The molecule has 0 spiro atoms. The van der Waals surface area contributed by atoms with E-state index in [-0.39, 0.29) is 25.0 Å². The lowest BCUT2D eigenvalue weighted by Gasteiger charge is -2.31. The molecule has 0 heterocycles. The SMILES string of the molecule is COC(OC)[C@@H](C[N+](=O)[O-])[C@H](COC(C)=O)C(C)C. The average molecular weight is 277 g/mol. The van der Waals surface area contributed by atoms with Crippen molar-refractivity contribution in [3.8, 4) is 0 Å². The van der Waals surface area contributed by atoms with Gasteiger partial charge in [0, 0.05) is 32.0 Å². The monoisotopic (exact) mass is 277 g/mol. The van der Waals surface area contributed by atoms with Crippen LogP contribution < -0.4 is 0 Å². The van der Waals surface area contributed by atoms with E-state index < -0.39 is 23.1 Å². The fourth-order valence-corrected chi connectivity index (χ4v) is 2.07. The predicted molar refractivity (Wildman–Crippen MR) is 68.1 cm³/mol. The number of rotatable bonds is 9. The zero-order chi connectivity index (χ0) is 15.0. The van der Waals surface area contributed by atoms with Gasteiger partial charge in [-0.05, 0) is 5.92 Å². The van der Waals surface area contributed by atoms with Crippen LogP contribution >= 0.6 is 0 Å². The molecule has 0 aromatic rings. The first-order chi connectivity index (χ1) is 8.83. The van der Waals surface area contributed by atoms with Crippen molar-refractivity contribution in [3.63, 3.8) is 0 Å². The van der Waals surface area contributed by atoms with E-state index in [1.807, 2.05) is 13.8 Å². The van der Waals surface area contributed by atoms with Gasteiger partial charge in [-0.3, -0.25) is 14.9 Å². The minimum atomic E-state index is -0.701. The highest BCUT2D eigenvalue weighted by Crippen LogP contribution is 2.27. The molecule has 19 heavy (non-hydrogen) atoms. The summed E-state index contributed by atoms with van der Waals surface area (Å²) < 4.78 is 15.3. The molecule has 0 fully saturated rings. The number of hydrogen-bond acceptors (Lipinski definition) is 6. The first kappa shape index (κ1) is 17.8. The smallest absolute Gasteiger partial charge is 0.302 e. The van der Waals surface area contributed by atoms with Gasteiger partial charge in [0.25, 0.3) is 0 Å². The third kappa shape index (κ3) is 6.49. The van der Waals surface area contributed by atoms with Crippen LogP contribution in [0.3, 0.4) is 0 Å². The second-order valence-corrected chi connectivity index (χ2v) is 4.73. The largest absolute Gasteiger partial charge is 0.466 e. The van der Waals surface area contributed by atoms with Crippen LogP contribution in [0.5, 0.6) is 0 Å². The lowest BCUT2D eigenvalue weighted by Crippen LogP contribution is -2.40. The molecule has 7 heteroatoms. The minimum absolute atomic E-state index is 0.0945. The first-order valence-corrected chi connectivity index (χ1v) is 6.14. The van der Waals surface area contributed by atoms with Crippen LogP contribution in [0.2, 0.25) is 0 Å². The number of hydrogen-bond donors (Lipinski definition) is 0. The van der Waals surface area contributed by atoms with Crippen molar-refractivity contribution in [3.05, 3.63) is 10.1 Å². The third-order valence-electron chi connectivity index (χ3n) is 3.06. The number of carbonyl (C=O) groups is 1. The van der Waals surface area contributed by atoms with Crippen LogP contribution in [0, 0.1) is 27.9 Å². The number of carbonyl (C=O) groups excluding carboxylic acids is 1. The third-order valence-corrected chi connectivity index (χ3v) is 3.06. The lowest BCUT2D eigenvalue weighted by atomic mass is 9.83. The van der Waals surface area contributed by atoms with Gasteiger partial charge in [0.15, 0.2) is 6.29 Å². The summed E-state index contributed by atoms with van der Waals surface area (Å²) in [5.74, 6) is -1.00. The Hall–Kier alpha value is -1.21. The summed E-state index contributed by atoms with van der Waals surface area (Å²) >= 11 is 0. The van der Waals surface area contributed by atoms with Gasteiger partial charge in [0.05, 0.1) is 12.5 Å². The van der Waals surface area contributed by atoms with Crippen LogP contribution in [-0.2, 0) is 19.0 Å². The summed E-state index contributed by atoms with van der Waals surface area (Å²) in [6.07, 6.45) is -0.701. The van der Waals surface area contributed by atoms with Crippen molar-refractivity contribution < 1.29 is 23.9 Å². The quantitative estimate of drug-likeness (QED) is 0.273. The van der Waals surface area contributed by atoms with Crippen molar-refractivity contribution in [2.75, 3.05) is 27.4 Å². The van der Waals surface area contributed by atoms with Gasteiger partial charge in [-0.1, -0.05) is 13.8 Å². The Morgan fingerprint density at radius 3 is 2.05 bits per heavy atom. The zero-order valence-corrected chi connectivity index (χ0v) is 12.1. The highest BCUT2D eigenvalue weighted by Gasteiger charge is 2.36. The molecule has 0 bridgehead atoms. The van der Waals surface area contributed by atoms with E-state index in [1.165, 1.54) is 21.1 Å². The molecule has 2 atom stereocenters. The maximum absolute atomic E-state index is 10.9. The molecular weight excluding hydrogens is 254 g/mol. The normalized spacial score (nSPS) is 14.5. The molecule has 112 valence electrons. The minimum Gasteiger partial charge on any atom is -0.466 e. The number of methoxy groups -OCH3 is 2. The molecule has 0 aromatic heterocycles. The predicted octanol–water partition coefficient (Wildman–Crippen LogP) is 1.33. The van der Waals surface area contributed by atoms with E-state index in [0.717, 1.165) is 0 Å². The van der Waals surface area contributed by atoms with E-state index in [0.29, 0.717) is 0 Å². The van der Waals surface area contributed by atoms with Crippen molar-refractivity contribution >= 4 is 5.97 Å².